The molecule has 0 aliphatic carbocycles. The van der Waals surface area contributed by atoms with Crippen molar-refractivity contribution in [3.8, 4) is 22.6 Å². The van der Waals surface area contributed by atoms with E-state index in [0.29, 0.717) is 22.2 Å². The molecule has 4 rings (SSSR count). The number of halogens is 4. The Labute approximate surface area is 184 Å². The summed E-state index contributed by atoms with van der Waals surface area (Å²) in [6.07, 6.45) is -2.22. The highest BCUT2D eigenvalue weighted by Gasteiger charge is 2.38. The number of H-pyrrole nitrogens is 1. The van der Waals surface area contributed by atoms with E-state index in [2.05, 4.69) is 15.5 Å². The zero-order valence-electron chi connectivity index (χ0n) is 16.0. The monoisotopic (exact) mass is 469 g/mol. The van der Waals surface area contributed by atoms with Gasteiger partial charge >= 0.3 is 12.1 Å². The molecule has 1 aliphatic rings. The van der Waals surface area contributed by atoms with Gasteiger partial charge in [-0.15, -0.1) is 0 Å². The number of benzene rings is 2. The Bertz CT molecular complexity index is 1110. The average Bonchev–Trinajstić information content (AvgIpc) is 3.29. The molecule has 1 unspecified atom stereocenters. The van der Waals surface area contributed by atoms with E-state index in [1.54, 1.807) is 24.5 Å². The molecule has 0 amide bonds. The predicted molar refractivity (Wildman–Crippen MR) is 110 cm³/mol. The van der Waals surface area contributed by atoms with E-state index in [-0.39, 0.29) is 6.61 Å². The van der Waals surface area contributed by atoms with Crippen LogP contribution in [0.5, 0.6) is 11.5 Å². The zero-order chi connectivity index (χ0) is 23.3. The lowest BCUT2D eigenvalue weighted by atomic mass is 10.1. The Hall–Kier alpha value is -3.67. The number of anilines is 1. The van der Waals surface area contributed by atoms with Crippen LogP contribution in [-0.4, -0.2) is 45.1 Å². The minimum Gasteiger partial charge on any atom is -0.485 e. The summed E-state index contributed by atoms with van der Waals surface area (Å²) < 4.78 is 57.6. The zero-order valence-corrected chi connectivity index (χ0v) is 16.8. The largest absolute Gasteiger partial charge is 0.490 e. The van der Waals surface area contributed by atoms with Crippen molar-refractivity contribution in [3.05, 3.63) is 60.7 Å². The SMILES string of the molecule is Fc1cc(-c2cn[nH]c2)ccc1NC(=S)C1COc2ccccc2O1.O=C(O)C(F)(F)F. The number of alkyl halides is 3. The summed E-state index contributed by atoms with van der Waals surface area (Å²) in [5.74, 6) is -1.86. The maximum Gasteiger partial charge on any atom is 0.490 e. The van der Waals surface area contributed by atoms with Crippen LogP contribution >= 0.6 is 12.2 Å². The molecule has 0 saturated carbocycles. The molecule has 0 fully saturated rings. The van der Waals surface area contributed by atoms with E-state index in [1.807, 2.05) is 24.3 Å². The molecule has 2 heterocycles. The number of thiocarbonyl (C=S) groups is 1. The van der Waals surface area contributed by atoms with Crippen LogP contribution in [0.1, 0.15) is 0 Å². The number of carboxylic acids is 1. The fourth-order valence-corrected chi connectivity index (χ4v) is 2.79. The molecular weight excluding hydrogens is 454 g/mol. The molecule has 0 spiro atoms. The third kappa shape index (κ3) is 5.72. The number of ether oxygens (including phenoxy) is 2. The van der Waals surface area contributed by atoms with Crippen LogP contribution < -0.4 is 14.8 Å². The number of hydrogen-bond donors (Lipinski definition) is 3. The minimum atomic E-state index is -5.08. The number of aliphatic carboxylic acids is 1. The molecule has 1 atom stereocenters. The van der Waals surface area contributed by atoms with E-state index in [9.17, 15) is 17.6 Å². The first-order chi connectivity index (χ1) is 15.1. The quantitative estimate of drug-likeness (QED) is 0.386. The van der Waals surface area contributed by atoms with Crippen LogP contribution in [0, 0.1) is 5.82 Å². The third-order valence-corrected chi connectivity index (χ3v) is 4.47. The van der Waals surface area contributed by atoms with Gasteiger partial charge in [0.05, 0.1) is 11.9 Å². The van der Waals surface area contributed by atoms with Gasteiger partial charge in [-0.25, -0.2) is 9.18 Å². The second kappa shape index (κ2) is 9.64. The molecule has 0 radical (unpaired) electrons. The smallest absolute Gasteiger partial charge is 0.485 e. The molecule has 2 aromatic carbocycles. The lowest BCUT2D eigenvalue weighted by Gasteiger charge is -2.27. The van der Waals surface area contributed by atoms with Crippen molar-refractivity contribution in [2.24, 2.45) is 0 Å². The van der Waals surface area contributed by atoms with E-state index in [4.69, 9.17) is 31.6 Å². The third-order valence-electron chi connectivity index (χ3n) is 4.10. The molecule has 168 valence electrons. The lowest BCUT2D eigenvalue weighted by Crippen LogP contribution is -2.39. The normalized spacial score (nSPS) is 14.7. The Balaban J connectivity index is 0.000000360. The van der Waals surface area contributed by atoms with E-state index in [0.717, 1.165) is 11.1 Å². The number of rotatable bonds is 3. The van der Waals surface area contributed by atoms with Gasteiger partial charge in [0.25, 0.3) is 0 Å². The molecule has 3 N–H and O–H groups in total. The highest BCUT2D eigenvalue weighted by atomic mass is 32.1. The number of para-hydroxylation sites is 2. The lowest BCUT2D eigenvalue weighted by molar-refractivity contribution is -0.192. The number of aromatic amines is 1. The van der Waals surface area contributed by atoms with Crippen LogP contribution in [0.4, 0.5) is 23.2 Å². The fraction of sp³-hybridized carbons (Fsp3) is 0.150. The first-order valence-corrected chi connectivity index (χ1v) is 9.34. The Morgan fingerprint density at radius 2 is 1.88 bits per heavy atom. The molecule has 3 aromatic rings. The molecule has 0 saturated heterocycles. The van der Waals surface area contributed by atoms with Gasteiger partial charge in [0.1, 0.15) is 17.4 Å². The number of fused-ring (bicyclic) bond motifs is 1. The number of aromatic nitrogens is 2. The van der Waals surface area contributed by atoms with Gasteiger partial charge in [0.2, 0.25) is 0 Å². The molecule has 1 aliphatic heterocycles. The molecule has 1 aromatic heterocycles. The number of hydrogen-bond acceptors (Lipinski definition) is 5. The van der Waals surface area contributed by atoms with E-state index < -0.39 is 24.1 Å². The van der Waals surface area contributed by atoms with Crippen molar-refractivity contribution in [1.82, 2.24) is 10.2 Å². The van der Waals surface area contributed by atoms with Crippen LogP contribution in [0.3, 0.4) is 0 Å². The Morgan fingerprint density at radius 3 is 2.47 bits per heavy atom. The summed E-state index contributed by atoms with van der Waals surface area (Å²) in [4.78, 5) is 9.26. The van der Waals surface area contributed by atoms with E-state index in [1.165, 1.54) is 6.07 Å². The highest BCUT2D eigenvalue weighted by molar-refractivity contribution is 7.80. The van der Waals surface area contributed by atoms with Crippen molar-refractivity contribution in [3.63, 3.8) is 0 Å². The fourth-order valence-electron chi connectivity index (χ4n) is 2.57. The Morgan fingerprint density at radius 1 is 1.19 bits per heavy atom. The predicted octanol–water partition coefficient (Wildman–Crippen LogP) is 4.43. The summed E-state index contributed by atoms with van der Waals surface area (Å²) in [7, 11) is 0. The van der Waals surface area contributed by atoms with Crippen molar-refractivity contribution >= 4 is 28.9 Å². The van der Waals surface area contributed by atoms with Gasteiger partial charge in [-0.05, 0) is 29.8 Å². The summed E-state index contributed by atoms with van der Waals surface area (Å²) in [5.41, 5.74) is 1.84. The summed E-state index contributed by atoms with van der Waals surface area (Å²) in [6.45, 7) is 0.275. The van der Waals surface area contributed by atoms with Gasteiger partial charge in [-0.3, -0.25) is 5.10 Å². The van der Waals surface area contributed by atoms with Crippen LogP contribution in [0.2, 0.25) is 0 Å². The highest BCUT2D eigenvalue weighted by Crippen LogP contribution is 2.31. The molecule has 0 bridgehead atoms. The van der Waals surface area contributed by atoms with Gasteiger partial charge in [-0.2, -0.15) is 18.3 Å². The first kappa shape index (κ1) is 23.0. The second-order valence-electron chi connectivity index (χ2n) is 6.34. The molecule has 32 heavy (non-hydrogen) atoms. The van der Waals surface area contributed by atoms with Gasteiger partial charge in [0, 0.05) is 11.8 Å². The number of carbonyl (C=O) groups is 1. The number of carboxylic acid groups (broad SMARTS) is 1. The van der Waals surface area contributed by atoms with Crippen LogP contribution in [0.25, 0.3) is 11.1 Å². The molecule has 12 heteroatoms. The number of nitrogens with zero attached hydrogens (tertiary/aromatic N) is 1. The first-order valence-electron chi connectivity index (χ1n) is 8.93. The summed E-state index contributed by atoms with van der Waals surface area (Å²) >= 11 is 5.36. The van der Waals surface area contributed by atoms with Crippen molar-refractivity contribution < 1.29 is 36.9 Å². The standard InChI is InChI=1S/C18H14FN3O2S.C2HF3O2/c19-13-7-11(12-8-20-21-9-12)5-6-14(13)22-18(25)17-10-23-15-3-1-2-4-16(15)24-17;3-2(4,5)1(6)7/h1-9,17H,10H2,(H,20,21)(H,22,25);(H,6,7). The maximum atomic E-state index is 14.4. The van der Waals surface area contributed by atoms with Crippen LogP contribution in [-0.2, 0) is 4.79 Å². The van der Waals surface area contributed by atoms with E-state index >= 15 is 0 Å². The number of nitrogens with one attached hydrogen (secondary N) is 2. The molecular formula is C20H15F4N3O4S. The molecule has 7 nitrogen and oxygen atoms in total. The van der Waals surface area contributed by atoms with Gasteiger partial charge < -0.3 is 19.9 Å². The minimum absolute atomic E-state index is 0.275. The summed E-state index contributed by atoms with van der Waals surface area (Å²) in [6, 6.07) is 12.2. The van der Waals surface area contributed by atoms with Crippen molar-refractivity contribution in [2.45, 2.75) is 12.3 Å². The average molecular weight is 469 g/mol. The topological polar surface area (TPSA) is 96.5 Å². The van der Waals surface area contributed by atoms with Crippen molar-refractivity contribution in [2.75, 3.05) is 11.9 Å². The van der Waals surface area contributed by atoms with Crippen molar-refractivity contribution in [1.29, 1.82) is 0 Å². The summed E-state index contributed by atoms with van der Waals surface area (Å²) in [5, 5.41) is 16.6. The van der Waals surface area contributed by atoms with Gasteiger partial charge in [0.15, 0.2) is 17.6 Å². The Kier molecular flexibility index (Phi) is 6.93. The van der Waals surface area contributed by atoms with Gasteiger partial charge in [-0.1, -0.05) is 30.4 Å². The maximum absolute atomic E-state index is 14.4. The van der Waals surface area contributed by atoms with Crippen LogP contribution in [0.15, 0.2) is 54.9 Å². The second-order valence-corrected chi connectivity index (χ2v) is 6.78.